The van der Waals surface area contributed by atoms with Crippen LogP contribution >= 0.6 is 0 Å². The molecular formula is C14H20O5. The molecule has 0 saturated heterocycles. The SMILES string of the molecule is COc1cc(CCCOC(C)=O)cc(OC)c1OC. The molecule has 0 bridgehead atoms. The molecule has 1 aromatic rings. The number of hydrogen-bond acceptors (Lipinski definition) is 5. The van der Waals surface area contributed by atoms with Gasteiger partial charge in [-0.2, -0.15) is 0 Å². The molecule has 0 aliphatic heterocycles. The van der Waals surface area contributed by atoms with Crippen LogP contribution in [0.1, 0.15) is 18.9 Å². The van der Waals surface area contributed by atoms with Crippen LogP contribution < -0.4 is 14.2 Å². The number of rotatable bonds is 7. The van der Waals surface area contributed by atoms with Crippen LogP contribution in [-0.2, 0) is 16.0 Å². The van der Waals surface area contributed by atoms with E-state index in [9.17, 15) is 4.79 Å². The Kier molecular flexibility index (Phi) is 5.99. The van der Waals surface area contributed by atoms with Crippen molar-refractivity contribution in [2.24, 2.45) is 0 Å². The standard InChI is InChI=1S/C14H20O5/c1-10(15)19-7-5-6-11-8-12(16-2)14(18-4)13(9-11)17-3/h8-9H,5-7H2,1-4H3. The van der Waals surface area contributed by atoms with E-state index in [2.05, 4.69) is 0 Å². The predicted molar refractivity (Wildman–Crippen MR) is 71.1 cm³/mol. The molecule has 0 amide bonds. The molecule has 19 heavy (non-hydrogen) atoms. The molecule has 0 radical (unpaired) electrons. The smallest absolute Gasteiger partial charge is 0.302 e. The van der Waals surface area contributed by atoms with Crippen LogP contribution in [0, 0.1) is 0 Å². The summed E-state index contributed by atoms with van der Waals surface area (Å²) in [4.78, 5) is 10.7. The Morgan fingerprint density at radius 2 is 1.63 bits per heavy atom. The molecule has 0 saturated carbocycles. The maximum atomic E-state index is 10.7. The summed E-state index contributed by atoms with van der Waals surface area (Å²) >= 11 is 0. The summed E-state index contributed by atoms with van der Waals surface area (Å²) in [6, 6.07) is 3.80. The Balaban J connectivity index is 2.76. The fourth-order valence-electron chi connectivity index (χ4n) is 1.77. The first-order valence-electron chi connectivity index (χ1n) is 6.04. The van der Waals surface area contributed by atoms with E-state index >= 15 is 0 Å². The second-order valence-electron chi connectivity index (χ2n) is 3.98. The summed E-state index contributed by atoms with van der Waals surface area (Å²) in [7, 11) is 4.74. The molecule has 0 aliphatic rings. The lowest BCUT2D eigenvalue weighted by Crippen LogP contribution is -2.02. The normalized spacial score (nSPS) is 9.89. The highest BCUT2D eigenvalue weighted by atomic mass is 16.5. The average molecular weight is 268 g/mol. The number of aryl methyl sites for hydroxylation is 1. The Morgan fingerprint density at radius 1 is 1.05 bits per heavy atom. The van der Waals surface area contributed by atoms with Crippen molar-refractivity contribution in [2.45, 2.75) is 19.8 Å². The largest absolute Gasteiger partial charge is 0.493 e. The number of benzene rings is 1. The summed E-state index contributed by atoms with van der Waals surface area (Å²) in [5.41, 5.74) is 1.04. The number of methoxy groups -OCH3 is 3. The lowest BCUT2D eigenvalue weighted by Gasteiger charge is -2.14. The molecule has 5 heteroatoms. The van der Waals surface area contributed by atoms with E-state index in [4.69, 9.17) is 18.9 Å². The van der Waals surface area contributed by atoms with E-state index in [1.54, 1.807) is 21.3 Å². The molecule has 0 aliphatic carbocycles. The fourth-order valence-corrected chi connectivity index (χ4v) is 1.77. The van der Waals surface area contributed by atoms with E-state index in [1.165, 1.54) is 6.92 Å². The van der Waals surface area contributed by atoms with Gasteiger partial charge in [0, 0.05) is 6.92 Å². The minimum Gasteiger partial charge on any atom is -0.493 e. The Labute approximate surface area is 113 Å². The third kappa shape index (κ3) is 4.35. The van der Waals surface area contributed by atoms with E-state index in [-0.39, 0.29) is 5.97 Å². The quantitative estimate of drug-likeness (QED) is 0.560. The van der Waals surface area contributed by atoms with Gasteiger partial charge in [0.1, 0.15) is 0 Å². The van der Waals surface area contributed by atoms with Gasteiger partial charge in [0.05, 0.1) is 27.9 Å². The van der Waals surface area contributed by atoms with Crippen LogP contribution in [0.5, 0.6) is 17.2 Å². The molecule has 5 nitrogen and oxygen atoms in total. The second kappa shape index (κ2) is 7.51. The van der Waals surface area contributed by atoms with Crippen molar-refractivity contribution in [1.29, 1.82) is 0 Å². The maximum Gasteiger partial charge on any atom is 0.302 e. The van der Waals surface area contributed by atoms with E-state index in [1.807, 2.05) is 12.1 Å². The molecular weight excluding hydrogens is 248 g/mol. The zero-order valence-electron chi connectivity index (χ0n) is 11.8. The van der Waals surface area contributed by atoms with E-state index < -0.39 is 0 Å². The molecule has 0 heterocycles. The Morgan fingerprint density at radius 3 is 2.05 bits per heavy atom. The summed E-state index contributed by atoms with van der Waals surface area (Å²) in [5.74, 6) is 1.58. The van der Waals surface area contributed by atoms with Gasteiger partial charge < -0.3 is 18.9 Å². The first kappa shape index (κ1) is 15.1. The number of carbonyl (C=O) groups is 1. The van der Waals surface area contributed by atoms with Crippen molar-refractivity contribution >= 4 is 5.97 Å². The first-order chi connectivity index (χ1) is 9.12. The maximum absolute atomic E-state index is 10.7. The zero-order chi connectivity index (χ0) is 14.3. The number of ether oxygens (including phenoxy) is 4. The van der Waals surface area contributed by atoms with Crippen molar-refractivity contribution < 1.29 is 23.7 Å². The van der Waals surface area contributed by atoms with Gasteiger partial charge >= 0.3 is 5.97 Å². The number of carbonyl (C=O) groups excluding carboxylic acids is 1. The number of hydrogen-bond donors (Lipinski definition) is 0. The summed E-state index contributed by atoms with van der Waals surface area (Å²) in [5, 5.41) is 0. The highest BCUT2D eigenvalue weighted by Crippen LogP contribution is 2.38. The van der Waals surface area contributed by atoms with Crippen molar-refractivity contribution in [1.82, 2.24) is 0 Å². The minimum atomic E-state index is -0.259. The summed E-state index contributed by atoms with van der Waals surface area (Å²) in [6.45, 7) is 1.81. The lowest BCUT2D eigenvalue weighted by atomic mass is 10.1. The van der Waals surface area contributed by atoms with Gasteiger partial charge in [-0.1, -0.05) is 0 Å². The monoisotopic (exact) mass is 268 g/mol. The Hall–Kier alpha value is -1.91. The van der Waals surface area contributed by atoms with Gasteiger partial charge in [-0.05, 0) is 30.5 Å². The second-order valence-corrected chi connectivity index (χ2v) is 3.98. The molecule has 1 aromatic carbocycles. The molecule has 0 N–H and O–H groups in total. The van der Waals surface area contributed by atoms with Gasteiger partial charge in [0.15, 0.2) is 11.5 Å². The van der Waals surface area contributed by atoms with Crippen LogP contribution in [0.2, 0.25) is 0 Å². The van der Waals surface area contributed by atoms with Gasteiger partial charge in [-0.25, -0.2) is 0 Å². The van der Waals surface area contributed by atoms with Gasteiger partial charge in [-0.3, -0.25) is 4.79 Å². The van der Waals surface area contributed by atoms with Crippen molar-refractivity contribution in [2.75, 3.05) is 27.9 Å². The van der Waals surface area contributed by atoms with Crippen LogP contribution in [0.4, 0.5) is 0 Å². The van der Waals surface area contributed by atoms with Crippen molar-refractivity contribution in [3.8, 4) is 17.2 Å². The van der Waals surface area contributed by atoms with Crippen LogP contribution in [-0.4, -0.2) is 33.9 Å². The van der Waals surface area contributed by atoms with Gasteiger partial charge in [0.25, 0.3) is 0 Å². The molecule has 0 fully saturated rings. The fraction of sp³-hybridized carbons (Fsp3) is 0.500. The minimum absolute atomic E-state index is 0.259. The van der Waals surface area contributed by atoms with Gasteiger partial charge in [-0.15, -0.1) is 0 Å². The van der Waals surface area contributed by atoms with E-state index in [0.717, 1.165) is 18.4 Å². The van der Waals surface area contributed by atoms with Gasteiger partial charge in [0.2, 0.25) is 5.75 Å². The van der Waals surface area contributed by atoms with Crippen LogP contribution in [0.25, 0.3) is 0 Å². The molecule has 0 spiro atoms. The van der Waals surface area contributed by atoms with Crippen LogP contribution in [0.15, 0.2) is 12.1 Å². The van der Waals surface area contributed by atoms with Crippen LogP contribution in [0.3, 0.4) is 0 Å². The number of esters is 1. The predicted octanol–water partition coefficient (Wildman–Crippen LogP) is 2.21. The zero-order valence-corrected chi connectivity index (χ0v) is 11.8. The molecule has 0 unspecified atom stereocenters. The van der Waals surface area contributed by atoms with E-state index in [0.29, 0.717) is 23.9 Å². The highest BCUT2D eigenvalue weighted by molar-refractivity contribution is 5.65. The Bertz CT molecular complexity index is 403. The first-order valence-corrected chi connectivity index (χ1v) is 6.04. The molecule has 106 valence electrons. The lowest BCUT2D eigenvalue weighted by molar-refractivity contribution is -0.141. The third-order valence-electron chi connectivity index (χ3n) is 2.64. The summed E-state index contributed by atoms with van der Waals surface area (Å²) in [6.07, 6.45) is 1.52. The molecule has 0 aromatic heterocycles. The molecule has 0 atom stereocenters. The summed E-state index contributed by atoms with van der Waals surface area (Å²) < 4.78 is 20.7. The highest BCUT2D eigenvalue weighted by Gasteiger charge is 2.12. The van der Waals surface area contributed by atoms with Crippen molar-refractivity contribution in [3.05, 3.63) is 17.7 Å². The average Bonchev–Trinajstić information content (AvgIpc) is 2.42. The molecule has 1 rings (SSSR count). The topological polar surface area (TPSA) is 54.0 Å². The van der Waals surface area contributed by atoms with Crippen molar-refractivity contribution in [3.63, 3.8) is 0 Å². The third-order valence-corrected chi connectivity index (χ3v) is 2.64.